The number of hydrogen-bond acceptors (Lipinski definition) is 4. The second kappa shape index (κ2) is 4.00. The van der Waals surface area contributed by atoms with E-state index in [1.165, 1.54) is 0 Å². The van der Waals surface area contributed by atoms with E-state index >= 15 is 0 Å². The predicted molar refractivity (Wildman–Crippen MR) is 53.4 cm³/mol. The van der Waals surface area contributed by atoms with Crippen molar-refractivity contribution >= 4 is 0 Å². The van der Waals surface area contributed by atoms with Crippen molar-refractivity contribution in [1.82, 2.24) is 14.8 Å². The molecule has 0 fully saturated rings. The summed E-state index contributed by atoms with van der Waals surface area (Å²) in [6, 6.07) is 6.64. The number of nitrogens with zero attached hydrogens (tertiary/aromatic N) is 3. The van der Waals surface area contributed by atoms with Gasteiger partial charge < -0.3 is 14.4 Å². The van der Waals surface area contributed by atoms with Crippen molar-refractivity contribution < 1.29 is 9.84 Å². The van der Waals surface area contributed by atoms with Crippen LogP contribution in [0.4, 0.5) is 0 Å². The molecule has 0 spiro atoms. The first-order valence-corrected chi connectivity index (χ1v) is 4.50. The van der Waals surface area contributed by atoms with Gasteiger partial charge in [-0.3, -0.25) is 0 Å². The van der Waals surface area contributed by atoms with Crippen LogP contribution in [-0.2, 0) is 13.7 Å². The predicted octanol–water partition coefficient (Wildman–Crippen LogP) is 1.10. The van der Waals surface area contributed by atoms with Crippen LogP contribution in [-0.4, -0.2) is 19.9 Å². The third kappa shape index (κ3) is 2.25. The third-order valence-electron chi connectivity index (χ3n) is 1.99. The number of phenols is 1. The second-order valence-electron chi connectivity index (χ2n) is 3.14. The Kier molecular flexibility index (Phi) is 2.53. The van der Waals surface area contributed by atoms with Gasteiger partial charge in [-0.15, -0.1) is 10.2 Å². The van der Waals surface area contributed by atoms with E-state index in [9.17, 15) is 5.11 Å². The van der Waals surface area contributed by atoms with Crippen molar-refractivity contribution in [3.8, 4) is 11.5 Å². The number of aromatic hydroxyl groups is 1. The number of ether oxygens (including phenoxy) is 1. The topological polar surface area (TPSA) is 60.2 Å². The molecule has 5 heteroatoms. The zero-order valence-corrected chi connectivity index (χ0v) is 8.29. The monoisotopic (exact) mass is 205 g/mol. The number of aryl methyl sites for hydroxylation is 1. The molecular formula is C10H11N3O2. The van der Waals surface area contributed by atoms with E-state index in [0.29, 0.717) is 12.4 Å². The first-order valence-electron chi connectivity index (χ1n) is 4.50. The van der Waals surface area contributed by atoms with Crippen molar-refractivity contribution in [3.05, 3.63) is 36.4 Å². The van der Waals surface area contributed by atoms with E-state index in [0.717, 1.165) is 5.82 Å². The first kappa shape index (κ1) is 9.51. The lowest BCUT2D eigenvalue weighted by Gasteiger charge is -2.05. The molecule has 15 heavy (non-hydrogen) atoms. The molecule has 0 bridgehead atoms. The number of benzene rings is 1. The van der Waals surface area contributed by atoms with Crippen molar-refractivity contribution in [3.63, 3.8) is 0 Å². The molecule has 2 aromatic rings. The summed E-state index contributed by atoms with van der Waals surface area (Å²) in [5, 5.41) is 16.8. The van der Waals surface area contributed by atoms with Gasteiger partial charge in [-0.1, -0.05) is 6.07 Å². The Bertz CT molecular complexity index is 453. The Balaban J connectivity index is 2.02. The van der Waals surface area contributed by atoms with Crippen LogP contribution in [0, 0.1) is 0 Å². The van der Waals surface area contributed by atoms with Gasteiger partial charge in [0.2, 0.25) is 0 Å². The van der Waals surface area contributed by atoms with Crippen LogP contribution < -0.4 is 4.74 Å². The average molecular weight is 205 g/mol. The van der Waals surface area contributed by atoms with Crippen molar-refractivity contribution in [2.24, 2.45) is 7.05 Å². The molecule has 0 aliphatic carbocycles. The Morgan fingerprint density at radius 3 is 3.00 bits per heavy atom. The summed E-state index contributed by atoms with van der Waals surface area (Å²) in [5.41, 5.74) is 0. The van der Waals surface area contributed by atoms with Crippen molar-refractivity contribution in [1.29, 1.82) is 0 Å². The van der Waals surface area contributed by atoms with Gasteiger partial charge in [-0.05, 0) is 12.1 Å². The fourth-order valence-corrected chi connectivity index (χ4v) is 1.16. The molecule has 1 heterocycles. The second-order valence-corrected chi connectivity index (χ2v) is 3.14. The maximum Gasteiger partial charge on any atom is 0.170 e. The normalized spacial score (nSPS) is 10.2. The Labute approximate surface area is 87.0 Å². The molecule has 78 valence electrons. The summed E-state index contributed by atoms with van der Waals surface area (Å²) in [5.74, 6) is 1.53. The van der Waals surface area contributed by atoms with Crippen LogP contribution in [0.5, 0.6) is 11.5 Å². The van der Waals surface area contributed by atoms with Gasteiger partial charge >= 0.3 is 0 Å². The molecular weight excluding hydrogens is 194 g/mol. The smallest absolute Gasteiger partial charge is 0.170 e. The summed E-state index contributed by atoms with van der Waals surface area (Å²) in [7, 11) is 1.85. The number of rotatable bonds is 3. The van der Waals surface area contributed by atoms with E-state index in [2.05, 4.69) is 10.2 Å². The maximum absolute atomic E-state index is 9.21. The van der Waals surface area contributed by atoms with Crippen LogP contribution in [0.15, 0.2) is 30.6 Å². The number of aromatic nitrogens is 3. The van der Waals surface area contributed by atoms with E-state index in [1.54, 1.807) is 35.2 Å². The van der Waals surface area contributed by atoms with Crippen LogP contribution in [0.2, 0.25) is 0 Å². The summed E-state index contributed by atoms with van der Waals surface area (Å²) in [6.07, 6.45) is 1.61. The number of phenolic OH excluding ortho intramolecular Hbond substituents is 1. The molecule has 2 rings (SSSR count). The molecule has 5 nitrogen and oxygen atoms in total. The minimum Gasteiger partial charge on any atom is -0.508 e. The molecule has 0 radical (unpaired) electrons. The van der Waals surface area contributed by atoms with Gasteiger partial charge in [0.05, 0.1) is 0 Å². The molecule has 0 unspecified atom stereocenters. The Morgan fingerprint density at radius 2 is 2.33 bits per heavy atom. The van der Waals surface area contributed by atoms with Gasteiger partial charge in [0.15, 0.2) is 5.82 Å². The third-order valence-corrected chi connectivity index (χ3v) is 1.99. The molecule has 1 aromatic carbocycles. The maximum atomic E-state index is 9.21. The van der Waals surface area contributed by atoms with E-state index in [1.807, 2.05) is 7.05 Å². The number of hydrogen-bond donors (Lipinski definition) is 1. The van der Waals surface area contributed by atoms with Crippen LogP contribution in [0.3, 0.4) is 0 Å². The standard InChI is InChI=1S/C10H11N3O2/c1-13-7-11-12-10(13)6-15-9-4-2-3-8(14)5-9/h2-5,7,14H,6H2,1H3. The van der Waals surface area contributed by atoms with Crippen LogP contribution in [0.25, 0.3) is 0 Å². The zero-order valence-electron chi connectivity index (χ0n) is 8.29. The van der Waals surface area contributed by atoms with Gasteiger partial charge in [-0.25, -0.2) is 0 Å². The van der Waals surface area contributed by atoms with E-state index in [4.69, 9.17) is 4.74 Å². The summed E-state index contributed by atoms with van der Waals surface area (Å²) < 4.78 is 7.21. The Hall–Kier alpha value is -2.04. The van der Waals surface area contributed by atoms with E-state index in [-0.39, 0.29) is 5.75 Å². The lowest BCUT2D eigenvalue weighted by Crippen LogP contribution is -2.02. The van der Waals surface area contributed by atoms with Crippen molar-refractivity contribution in [2.75, 3.05) is 0 Å². The van der Waals surface area contributed by atoms with Gasteiger partial charge in [0.1, 0.15) is 24.4 Å². The lowest BCUT2D eigenvalue weighted by atomic mass is 10.3. The summed E-state index contributed by atoms with van der Waals surface area (Å²) in [4.78, 5) is 0. The van der Waals surface area contributed by atoms with Gasteiger partial charge in [0, 0.05) is 13.1 Å². The molecule has 0 aliphatic rings. The van der Waals surface area contributed by atoms with Crippen LogP contribution in [0.1, 0.15) is 5.82 Å². The molecule has 0 aliphatic heterocycles. The zero-order chi connectivity index (χ0) is 10.7. The molecule has 1 aromatic heterocycles. The quantitative estimate of drug-likeness (QED) is 0.815. The largest absolute Gasteiger partial charge is 0.508 e. The highest BCUT2D eigenvalue weighted by Gasteiger charge is 2.01. The van der Waals surface area contributed by atoms with Crippen LogP contribution >= 0.6 is 0 Å². The molecule has 1 N–H and O–H groups in total. The first-order chi connectivity index (χ1) is 7.25. The fourth-order valence-electron chi connectivity index (χ4n) is 1.16. The highest BCUT2D eigenvalue weighted by atomic mass is 16.5. The average Bonchev–Trinajstić information content (AvgIpc) is 2.61. The molecule has 0 atom stereocenters. The van der Waals surface area contributed by atoms with Crippen molar-refractivity contribution in [2.45, 2.75) is 6.61 Å². The SMILES string of the molecule is Cn1cnnc1COc1cccc(O)c1. The highest BCUT2D eigenvalue weighted by Crippen LogP contribution is 2.18. The van der Waals surface area contributed by atoms with E-state index < -0.39 is 0 Å². The summed E-state index contributed by atoms with van der Waals surface area (Å²) in [6.45, 7) is 0.333. The Morgan fingerprint density at radius 1 is 1.47 bits per heavy atom. The minimum atomic E-state index is 0.186. The minimum absolute atomic E-state index is 0.186. The summed E-state index contributed by atoms with van der Waals surface area (Å²) >= 11 is 0. The molecule has 0 saturated heterocycles. The highest BCUT2D eigenvalue weighted by molar-refractivity contribution is 5.31. The van der Waals surface area contributed by atoms with Gasteiger partial charge in [-0.2, -0.15) is 0 Å². The molecule has 0 saturated carbocycles. The van der Waals surface area contributed by atoms with Gasteiger partial charge in [0.25, 0.3) is 0 Å². The fraction of sp³-hybridized carbons (Fsp3) is 0.200. The lowest BCUT2D eigenvalue weighted by molar-refractivity contribution is 0.289. The molecule has 0 amide bonds.